The molecule has 1 saturated heterocycles. The average Bonchev–Trinajstić information content (AvgIpc) is 2.78. The molecule has 1 aromatic carbocycles. The molecule has 106 valence electrons. The van der Waals surface area contributed by atoms with Crippen LogP contribution in [-0.4, -0.2) is 18.3 Å². The van der Waals surface area contributed by atoms with Gasteiger partial charge in [-0.05, 0) is 39.2 Å². The van der Waals surface area contributed by atoms with Crippen molar-refractivity contribution in [3.63, 3.8) is 0 Å². The molecule has 2 unspecified atom stereocenters. The predicted molar refractivity (Wildman–Crippen MR) is 76.6 cm³/mol. The topological polar surface area (TPSA) is 42.2 Å². The monoisotopic (exact) mass is 271 g/mol. The van der Waals surface area contributed by atoms with Gasteiger partial charge in [-0.3, -0.25) is 0 Å². The first-order chi connectivity index (χ1) is 9.55. The standard InChI is InChI=1S/C17H21NO2/c1-16(2)8-7-13(20-16)11-17(12-18)9-10-19-15-6-4-3-5-14(15)17/h3-6,13H,7-11H2,1-2H3. The number of nitrogens with zero attached hydrogens (tertiary/aromatic N) is 1. The maximum absolute atomic E-state index is 9.82. The second-order valence-corrected chi connectivity index (χ2v) is 6.53. The number of hydrogen-bond acceptors (Lipinski definition) is 3. The third-order valence-electron chi connectivity index (χ3n) is 4.53. The number of para-hydroxylation sites is 1. The first kappa shape index (κ1) is 13.5. The van der Waals surface area contributed by atoms with Crippen molar-refractivity contribution >= 4 is 0 Å². The number of benzene rings is 1. The maximum Gasteiger partial charge on any atom is 0.124 e. The molecule has 3 heteroatoms. The molecule has 0 aromatic heterocycles. The summed E-state index contributed by atoms with van der Waals surface area (Å²) < 4.78 is 11.8. The van der Waals surface area contributed by atoms with Gasteiger partial charge in [0.15, 0.2) is 0 Å². The van der Waals surface area contributed by atoms with Crippen molar-refractivity contribution < 1.29 is 9.47 Å². The fourth-order valence-electron chi connectivity index (χ4n) is 3.44. The van der Waals surface area contributed by atoms with Crippen LogP contribution >= 0.6 is 0 Å². The third kappa shape index (κ3) is 2.29. The lowest BCUT2D eigenvalue weighted by molar-refractivity contribution is -0.0262. The number of fused-ring (bicyclic) bond motifs is 1. The van der Waals surface area contributed by atoms with E-state index in [1.54, 1.807) is 0 Å². The Morgan fingerprint density at radius 2 is 2.10 bits per heavy atom. The number of ether oxygens (including phenoxy) is 2. The molecular weight excluding hydrogens is 250 g/mol. The highest BCUT2D eigenvalue weighted by molar-refractivity contribution is 5.45. The normalized spacial score (nSPS) is 31.1. The van der Waals surface area contributed by atoms with Crippen molar-refractivity contribution in [1.82, 2.24) is 0 Å². The Labute approximate surface area is 120 Å². The van der Waals surface area contributed by atoms with Crippen LogP contribution in [0.5, 0.6) is 5.75 Å². The zero-order valence-electron chi connectivity index (χ0n) is 12.2. The quantitative estimate of drug-likeness (QED) is 0.825. The molecule has 0 aliphatic carbocycles. The Morgan fingerprint density at radius 1 is 1.30 bits per heavy atom. The highest BCUT2D eigenvalue weighted by Gasteiger charge is 2.43. The fraction of sp³-hybridized carbons (Fsp3) is 0.588. The Kier molecular flexibility index (Phi) is 3.22. The fourth-order valence-corrected chi connectivity index (χ4v) is 3.44. The molecule has 0 radical (unpaired) electrons. The van der Waals surface area contributed by atoms with Crippen molar-refractivity contribution in [2.24, 2.45) is 0 Å². The molecule has 20 heavy (non-hydrogen) atoms. The van der Waals surface area contributed by atoms with Crippen molar-refractivity contribution in [1.29, 1.82) is 5.26 Å². The second kappa shape index (κ2) is 4.79. The maximum atomic E-state index is 9.82. The van der Waals surface area contributed by atoms with Crippen LogP contribution in [0.3, 0.4) is 0 Å². The van der Waals surface area contributed by atoms with Gasteiger partial charge in [-0.2, -0.15) is 5.26 Å². The lowest BCUT2D eigenvalue weighted by atomic mass is 9.73. The van der Waals surface area contributed by atoms with Crippen molar-refractivity contribution in [3.8, 4) is 11.8 Å². The number of hydrogen-bond donors (Lipinski definition) is 0. The molecule has 3 nitrogen and oxygen atoms in total. The summed E-state index contributed by atoms with van der Waals surface area (Å²) in [6.45, 7) is 4.87. The molecule has 2 aliphatic rings. The van der Waals surface area contributed by atoms with E-state index in [0.29, 0.717) is 6.61 Å². The van der Waals surface area contributed by atoms with E-state index < -0.39 is 5.41 Å². The Balaban J connectivity index is 1.88. The van der Waals surface area contributed by atoms with Gasteiger partial charge < -0.3 is 9.47 Å². The zero-order valence-corrected chi connectivity index (χ0v) is 12.2. The van der Waals surface area contributed by atoms with Crippen LogP contribution < -0.4 is 4.74 Å². The molecule has 3 rings (SSSR count). The van der Waals surface area contributed by atoms with E-state index in [9.17, 15) is 5.26 Å². The largest absolute Gasteiger partial charge is 0.493 e. The summed E-state index contributed by atoms with van der Waals surface area (Å²) in [5, 5.41) is 9.82. The van der Waals surface area contributed by atoms with Gasteiger partial charge in [-0.25, -0.2) is 0 Å². The lowest BCUT2D eigenvalue weighted by Gasteiger charge is -2.35. The van der Waals surface area contributed by atoms with E-state index in [-0.39, 0.29) is 11.7 Å². The van der Waals surface area contributed by atoms with E-state index in [1.165, 1.54) is 0 Å². The molecule has 1 fully saturated rings. The molecule has 0 spiro atoms. The molecule has 0 N–H and O–H groups in total. The van der Waals surface area contributed by atoms with Crippen LogP contribution in [0.2, 0.25) is 0 Å². The Morgan fingerprint density at radius 3 is 2.80 bits per heavy atom. The summed E-state index contributed by atoms with van der Waals surface area (Å²) in [6.07, 6.45) is 3.81. The highest BCUT2D eigenvalue weighted by Crippen LogP contribution is 2.44. The third-order valence-corrected chi connectivity index (χ3v) is 4.53. The van der Waals surface area contributed by atoms with Crippen LogP contribution in [-0.2, 0) is 10.2 Å². The van der Waals surface area contributed by atoms with E-state index in [4.69, 9.17) is 9.47 Å². The van der Waals surface area contributed by atoms with Crippen LogP contribution in [0.15, 0.2) is 24.3 Å². The van der Waals surface area contributed by atoms with Gasteiger partial charge in [0.1, 0.15) is 5.75 Å². The van der Waals surface area contributed by atoms with Crippen molar-refractivity contribution in [2.45, 2.75) is 56.7 Å². The Hall–Kier alpha value is -1.53. The van der Waals surface area contributed by atoms with E-state index in [1.807, 2.05) is 24.3 Å². The van der Waals surface area contributed by atoms with Crippen LogP contribution in [0.1, 0.15) is 45.1 Å². The predicted octanol–water partition coefficient (Wildman–Crippen LogP) is 3.58. The molecule has 0 amide bonds. The van der Waals surface area contributed by atoms with Gasteiger partial charge in [0.25, 0.3) is 0 Å². The zero-order chi connectivity index (χ0) is 14.2. The van der Waals surface area contributed by atoms with E-state index in [2.05, 4.69) is 19.9 Å². The molecule has 2 aliphatic heterocycles. The minimum absolute atomic E-state index is 0.0496. The van der Waals surface area contributed by atoms with E-state index in [0.717, 1.165) is 37.0 Å². The van der Waals surface area contributed by atoms with Crippen LogP contribution in [0.25, 0.3) is 0 Å². The number of nitriles is 1. The second-order valence-electron chi connectivity index (χ2n) is 6.53. The first-order valence-corrected chi connectivity index (χ1v) is 7.36. The Bertz CT molecular complexity index is 546. The summed E-state index contributed by atoms with van der Waals surface area (Å²) in [5.41, 5.74) is 0.522. The van der Waals surface area contributed by atoms with Gasteiger partial charge in [0, 0.05) is 12.0 Å². The first-order valence-electron chi connectivity index (χ1n) is 7.36. The lowest BCUT2D eigenvalue weighted by Crippen LogP contribution is -2.35. The summed E-state index contributed by atoms with van der Waals surface area (Å²) in [7, 11) is 0. The SMILES string of the molecule is CC1(C)CCC(CC2(C#N)CCOc3ccccc32)O1. The average molecular weight is 271 g/mol. The molecule has 2 atom stereocenters. The van der Waals surface area contributed by atoms with Gasteiger partial charge in [0.2, 0.25) is 0 Å². The number of rotatable bonds is 2. The van der Waals surface area contributed by atoms with E-state index >= 15 is 0 Å². The minimum atomic E-state index is -0.458. The van der Waals surface area contributed by atoms with Gasteiger partial charge in [0.05, 0.1) is 29.8 Å². The van der Waals surface area contributed by atoms with Gasteiger partial charge >= 0.3 is 0 Å². The minimum Gasteiger partial charge on any atom is -0.493 e. The molecule has 0 bridgehead atoms. The highest BCUT2D eigenvalue weighted by atomic mass is 16.5. The summed E-state index contributed by atoms with van der Waals surface area (Å²) >= 11 is 0. The smallest absolute Gasteiger partial charge is 0.124 e. The molecule has 1 aromatic rings. The summed E-state index contributed by atoms with van der Waals surface area (Å²) in [5.74, 6) is 0.859. The van der Waals surface area contributed by atoms with Crippen LogP contribution in [0, 0.1) is 11.3 Å². The molecular formula is C17H21NO2. The summed E-state index contributed by atoms with van der Waals surface area (Å²) in [4.78, 5) is 0. The van der Waals surface area contributed by atoms with Gasteiger partial charge in [-0.1, -0.05) is 18.2 Å². The van der Waals surface area contributed by atoms with Crippen molar-refractivity contribution in [3.05, 3.63) is 29.8 Å². The summed E-state index contributed by atoms with van der Waals surface area (Å²) in [6, 6.07) is 10.5. The van der Waals surface area contributed by atoms with Gasteiger partial charge in [-0.15, -0.1) is 0 Å². The molecule has 2 heterocycles. The van der Waals surface area contributed by atoms with Crippen LogP contribution in [0.4, 0.5) is 0 Å². The molecule has 0 saturated carbocycles. The van der Waals surface area contributed by atoms with Crippen molar-refractivity contribution in [2.75, 3.05) is 6.61 Å².